The highest BCUT2D eigenvalue weighted by atomic mass is 32.2. The normalized spacial score (nSPS) is 39.8. The van der Waals surface area contributed by atoms with Crippen molar-refractivity contribution >= 4 is 11.8 Å². The fourth-order valence-corrected chi connectivity index (χ4v) is 1.51. The van der Waals surface area contributed by atoms with Gasteiger partial charge in [-0.1, -0.05) is 0 Å². The smallest absolute Gasteiger partial charge is 0.163 e. The van der Waals surface area contributed by atoms with Gasteiger partial charge in [0, 0.05) is 11.5 Å². The molecule has 48 valence electrons. The van der Waals surface area contributed by atoms with Crippen LogP contribution in [-0.2, 0) is 4.74 Å². The molecular weight excluding hydrogens is 124 g/mol. The predicted octanol–water partition coefficient (Wildman–Crippen LogP) is 0.457. The maximum absolute atomic E-state index is 8.84. The molecule has 1 N–H and O–H groups in total. The van der Waals surface area contributed by atoms with Gasteiger partial charge in [0.25, 0.3) is 0 Å². The number of aliphatic hydroxyl groups is 1. The molecule has 1 rings (SSSR count). The summed E-state index contributed by atoms with van der Waals surface area (Å²) in [6.45, 7) is 1.97. The molecule has 1 aliphatic heterocycles. The number of hydrogen-bond acceptors (Lipinski definition) is 3. The van der Waals surface area contributed by atoms with Crippen LogP contribution >= 0.6 is 11.8 Å². The summed E-state index contributed by atoms with van der Waals surface area (Å²) < 4.78 is 5.02. The van der Waals surface area contributed by atoms with Crippen LogP contribution in [0.5, 0.6) is 0 Å². The second-order valence-corrected chi connectivity index (χ2v) is 3.01. The molecule has 2 nitrogen and oxygen atoms in total. The maximum Gasteiger partial charge on any atom is 0.163 e. The lowest BCUT2D eigenvalue weighted by atomic mass is 10.5. The van der Waals surface area contributed by atoms with Crippen LogP contribution in [0.2, 0.25) is 0 Å². The van der Waals surface area contributed by atoms with Crippen LogP contribution in [-0.4, -0.2) is 29.0 Å². The van der Waals surface area contributed by atoms with Crippen molar-refractivity contribution in [2.45, 2.75) is 19.3 Å². The second kappa shape index (κ2) is 2.71. The van der Waals surface area contributed by atoms with Gasteiger partial charge in [0.15, 0.2) is 6.29 Å². The number of thioether (sulfide) groups is 1. The quantitative estimate of drug-likeness (QED) is 0.522. The van der Waals surface area contributed by atoms with Gasteiger partial charge in [0.2, 0.25) is 0 Å². The fraction of sp³-hybridized carbons (Fsp3) is 1.00. The lowest BCUT2D eigenvalue weighted by Gasteiger charge is -2.22. The zero-order valence-corrected chi connectivity index (χ0v) is 5.65. The standard InChI is InChI=1S/C5H10O2S/c1-4-2-8-3-5(6)7-4/h4-6H,2-3H2,1H3. The van der Waals surface area contributed by atoms with E-state index in [0.29, 0.717) is 0 Å². The Morgan fingerprint density at radius 1 is 1.62 bits per heavy atom. The van der Waals surface area contributed by atoms with Gasteiger partial charge in [-0.3, -0.25) is 0 Å². The largest absolute Gasteiger partial charge is 0.367 e. The Labute approximate surface area is 53.2 Å². The third kappa shape index (κ3) is 1.65. The highest BCUT2D eigenvalue weighted by Gasteiger charge is 2.15. The Hall–Kier alpha value is 0.270. The first-order valence-electron chi connectivity index (χ1n) is 2.70. The van der Waals surface area contributed by atoms with Crippen LogP contribution in [0.1, 0.15) is 6.92 Å². The van der Waals surface area contributed by atoms with Crippen LogP contribution < -0.4 is 0 Å². The van der Waals surface area contributed by atoms with Gasteiger partial charge >= 0.3 is 0 Å². The zero-order chi connectivity index (χ0) is 5.98. The molecule has 1 aliphatic rings. The minimum Gasteiger partial charge on any atom is -0.367 e. The Kier molecular flexibility index (Phi) is 2.16. The molecule has 1 fully saturated rings. The van der Waals surface area contributed by atoms with Gasteiger partial charge in [-0.25, -0.2) is 0 Å². The molecule has 0 aromatic carbocycles. The maximum atomic E-state index is 8.84. The molecule has 1 heterocycles. The Morgan fingerprint density at radius 2 is 2.38 bits per heavy atom. The van der Waals surface area contributed by atoms with Crippen molar-refractivity contribution in [1.82, 2.24) is 0 Å². The molecule has 0 radical (unpaired) electrons. The molecule has 0 aliphatic carbocycles. The van der Waals surface area contributed by atoms with Crippen LogP contribution in [0.4, 0.5) is 0 Å². The van der Waals surface area contributed by atoms with Gasteiger partial charge in [0.05, 0.1) is 6.10 Å². The van der Waals surface area contributed by atoms with E-state index in [0.717, 1.165) is 11.5 Å². The lowest BCUT2D eigenvalue weighted by Crippen LogP contribution is -2.28. The minimum atomic E-state index is -0.524. The van der Waals surface area contributed by atoms with Crippen molar-refractivity contribution in [1.29, 1.82) is 0 Å². The van der Waals surface area contributed by atoms with E-state index in [4.69, 9.17) is 9.84 Å². The molecule has 0 aromatic heterocycles. The fourth-order valence-electron chi connectivity index (χ4n) is 0.682. The van der Waals surface area contributed by atoms with Crippen LogP contribution in [0.15, 0.2) is 0 Å². The van der Waals surface area contributed by atoms with Crippen molar-refractivity contribution in [3.63, 3.8) is 0 Å². The third-order valence-electron chi connectivity index (χ3n) is 1.00. The summed E-state index contributed by atoms with van der Waals surface area (Å²) in [5, 5.41) is 8.84. The summed E-state index contributed by atoms with van der Waals surface area (Å²) in [6, 6.07) is 0. The molecule has 8 heavy (non-hydrogen) atoms. The molecule has 1 saturated heterocycles. The first kappa shape index (κ1) is 6.39. The Morgan fingerprint density at radius 3 is 2.75 bits per heavy atom. The van der Waals surface area contributed by atoms with Crippen molar-refractivity contribution in [3.05, 3.63) is 0 Å². The molecule has 0 spiro atoms. The van der Waals surface area contributed by atoms with Crippen LogP contribution in [0.3, 0.4) is 0 Å². The molecule has 3 heteroatoms. The van der Waals surface area contributed by atoms with Gasteiger partial charge < -0.3 is 9.84 Å². The van der Waals surface area contributed by atoms with E-state index in [1.54, 1.807) is 11.8 Å². The van der Waals surface area contributed by atoms with Gasteiger partial charge in [-0.15, -0.1) is 0 Å². The van der Waals surface area contributed by atoms with E-state index in [2.05, 4.69) is 0 Å². The number of rotatable bonds is 0. The van der Waals surface area contributed by atoms with Gasteiger partial charge in [-0.05, 0) is 6.92 Å². The third-order valence-corrected chi connectivity index (χ3v) is 2.23. The van der Waals surface area contributed by atoms with E-state index in [1.807, 2.05) is 6.92 Å². The average molecular weight is 134 g/mol. The summed E-state index contributed by atoms with van der Waals surface area (Å²) in [5.74, 6) is 1.74. The molecule has 0 aromatic rings. The van der Waals surface area contributed by atoms with Crippen molar-refractivity contribution < 1.29 is 9.84 Å². The molecule has 2 unspecified atom stereocenters. The Bertz CT molecular complexity index is 68.8. The van der Waals surface area contributed by atoms with E-state index in [-0.39, 0.29) is 6.10 Å². The molecule has 2 atom stereocenters. The second-order valence-electron chi connectivity index (χ2n) is 1.94. The number of ether oxygens (including phenoxy) is 1. The summed E-state index contributed by atoms with van der Waals surface area (Å²) in [6.07, 6.45) is -0.299. The lowest BCUT2D eigenvalue weighted by molar-refractivity contribution is -0.112. The molecule has 0 bridgehead atoms. The first-order valence-corrected chi connectivity index (χ1v) is 3.86. The SMILES string of the molecule is CC1CSCC(O)O1. The Balaban J connectivity index is 2.23. The van der Waals surface area contributed by atoms with E-state index >= 15 is 0 Å². The van der Waals surface area contributed by atoms with Crippen molar-refractivity contribution in [2.24, 2.45) is 0 Å². The van der Waals surface area contributed by atoms with E-state index in [1.165, 1.54) is 0 Å². The summed E-state index contributed by atoms with van der Waals surface area (Å²) in [4.78, 5) is 0. The first-order chi connectivity index (χ1) is 3.79. The molecule has 0 amide bonds. The zero-order valence-electron chi connectivity index (χ0n) is 4.83. The van der Waals surface area contributed by atoms with Crippen LogP contribution in [0.25, 0.3) is 0 Å². The summed E-state index contributed by atoms with van der Waals surface area (Å²) >= 11 is 1.74. The minimum absolute atomic E-state index is 0.226. The van der Waals surface area contributed by atoms with Gasteiger partial charge in [-0.2, -0.15) is 11.8 Å². The summed E-state index contributed by atoms with van der Waals surface area (Å²) in [7, 11) is 0. The highest BCUT2D eigenvalue weighted by Crippen LogP contribution is 2.15. The van der Waals surface area contributed by atoms with Crippen molar-refractivity contribution in [2.75, 3.05) is 11.5 Å². The van der Waals surface area contributed by atoms with Crippen LogP contribution in [0, 0.1) is 0 Å². The van der Waals surface area contributed by atoms with Crippen molar-refractivity contribution in [3.8, 4) is 0 Å². The van der Waals surface area contributed by atoms with Gasteiger partial charge in [0.1, 0.15) is 0 Å². The molecular formula is C5H10O2S. The predicted molar refractivity (Wildman–Crippen MR) is 33.9 cm³/mol. The van der Waals surface area contributed by atoms with E-state index < -0.39 is 6.29 Å². The number of aliphatic hydroxyl groups excluding tert-OH is 1. The average Bonchev–Trinajstić information content (AvgIpc) is 1.64. The number of hydrogen-bond donors (Lipinski definition) is 1. The van der Waals surface area contributed by atoms with E-state index in [9.17, 15) is 0 Å². The topological polar surface area (TPSA) is 29.5 Å². The monoisotopic (exact) mass is 134 g/mol. The summed E-state index contributed by atoms with van der Waals surface area (Å²) in [5.41, 5.74) is 0. The highest BCUT2D eigenvalue weighted by molar-refractivity contribution is 7.99. The molecule has 0 saturated carbocycles.